The molecule has 0 bridgehead atoms. The summed E-state index contributed by atoms with van der Waals surface area (Å²) in [4.78, 5) is 4.60. The Morgan fingerprint density at radius 1 is 0.962 bits per heavy atom. The molecule has 3 aliphatic rings. The van der Waals surface area contributed by atoms with Crippen LogP contribution in [-0.2, 0) is 25.7 Å². The second-order valence-corrected chi connectivity index (χ2v) is 8.22. The third-order valence-corrected chi connectivity index (χ3v) is 6.29. The van der Waals surface area contributed by atoms with Crippen LogP contribution in [0, 0.1) is 5.92 Å². The van der Waals surface area contributed by atoms with E-state index in [1.54, 1.807) is 0 Å². The van der Waals surface area contributed by atoms with Gasteiger partial charge in [-0.25, -0.2) is 0 Å². The second-order valence-electron chi connectivity index (χ2n) is 8.22. The van der Waals surface area contributed by atoms with Crippen molar-refractivity contribution in [3.05, 3.63) is 34.6 Å². The Bertz CT molecular complexity index is 829. The Labute approximate surface area is 154 Å². The van der Waals surface area contributed by atoms with Crippen molar-refractivity contribution >= 4 is 11.6 Å². The Morgan fingerprint density at radius 2 is 1.77 bits per heavy atom. The zero-order chi connectivity index (χ0) is 17.7. The summed E-state index contributed by atoms with van der Waals surface area (Å²) in [7, 11) is 2.14. The van der Waals surface area contributed by atoms with Gasteiger partial charge in [0.15, 0.2) is 11.6 Å². The van der Waals surface area contributed by atoms with Crippen molar-refractivity contribution in [2.45, 2.75) is 51.5 Å². The minimum Gasteiger partial charge on any atom is -0.352 e. The number of hydrogen-bond donors (Lipinski definition) is 0. The van der Waals surface area contributed by atoms with Gasteiger partial charge < -0.3 is 9.80 Å². The van der Waals surface area contributed by atoms with Gasteiger partial charge in [-0.05, 0) is 67.7 Å². The quantitative estimate of drug-likeness (QED) is 0.846. The fourth-order valence-electron chi connectivity index (χ4n) is 4.41. The predicted molar refractivity (Wildman–Crippen MR) is 102 cm³/mol. The zero-order valence-electron chi connectivity index (χ0n) is 15.6. The van der Waals surface area contributed by atoms with Gasteiger partial charge in [0.25, 0.3) is 0 Å². The maximum absolute atomic E-state index is 4.50. The molecule has 1 aliphatic heterocycles. The number of rotatable bonds is 3. The van der Waals surface area contributed by atoms with Gasteiger partial charge in [0, 0.05) is 20.1 Å². The van der Waals surface area contributed by atoms with E-state index in [4.69, 9.17) is 0 Å². The molecular formula is C20H26N6. The molecule has 2 aliphatic carbocycles. The van der Waals surface area contributed by atoms with Gasteiger partial charge in [-0.1, -0.05) is 6.92 Å². The van der Waals surface area contributed by atoms with Crippen LogP contribution in [0.15, 0.2) is 12.1 Å². The van der Waals surface area contributed by atoms with Gasteiger partial charge >= 0.3 is 0 Å². The maximum Gasteiger partial charge on any atom is 0.151 e. The standard InChI is InChI=1S/C20H26N6/c1-13-6-7-18-15(8-13)10-19(23-22-18)25(2)16-11-26(12-16)20-9-14-4-3-5-17(14)21-24-20/h9-10,13,16H,3-8,11-12H2,1-2H3. The molecule has 0 radical (unpaired) electrons. The van der Waals surface area contributed by atoms with Crippen molar-refractivity contribution in [2.24, 2.45) is 5.92 Å². The van der Waals surface area contributed by atoms with Crippen molar-refractivity contribution in [1.82, 2.24) is 20.4 Å². The van der Waals surface area contributed by atoms with E-state index in [-0.39, 0.29) is 0 Å². The first-order valence-corrected chi connectivity index (χ1v) is 9.86. The van der Waals surface area contributed by atoms with Gasteiger partial charge in [0.05, 0.1) is 17.4 Å². The minimum absolute atomic E-state index is 0.457. The van der Waals surface area contributed by atoms with E-state index < -0.39 is 0 Å². The molecule has 6 heteroatoms. The van der Waals surface area contributed by atoms with Crippen molar-refractivity contribution in [2.75, 3.05) is 29.9 Å². The van der Waals surface area contributed by atoms with Gasteiger partial charge in [-0.2, -0.15) is 10.2 Å². The summed E-state index contributed by atoms with van der Waals surface area (Å²) in [5.74, 6) is 2.78. The van der Waals surface area contributed by atoms with Crippen LogP contribution in [-0.4, -0.2) is 46.6 Å². The Balaban J connectivity index is 1.27. The lowest BCUT2D eigenvalue weighted by Gasteiger charge is -2.44. The fourth-order valence-corrected chi connectivity index (χ4v) is 4.41. The van der Waals surface area contributed by atoms with Gasteiger partial charge in [-0.3, -0.25) is 0 Å². The molecule has 0 saturated carbocycles. The Morgan fingerprint density at radius 3 is 2.65 bits per heavy atom. The second kappa shape index (κ2) is 6.18. The number of fused-ring (bicyclic) bond motifs is 2. The molecule has 0 N–H and O–H groups in total. The Hall–Kier alpha value is -2.24. The topological polar surface area (TPSA) is 58.0 Å². The van der Waals surface area contributed by atoms with Crippen LogP contribution < -0.4 is 9.80 Å². The van der Waals surface area contributed by atoms with Crippen LogP contribution in [0.2, 0.25) is 0 Å². The number of aromatic nitrogens is 4. The summed E-state index contributed by atoms with van der Waals surface area (Å²) >= 11 is 0. The molecule has 6 nitrogen and oxygen atoms in total. The molecule has 0 aromatic carbocycles. The van der Waals surface area contributed by atoms with Crippen molar-refractivity contribution in [1.29, 1.82) is 0 Å². The number of anilines is 2. The van der Waals surface area contributed by atoms with E-state index in [1.165, 1.54) is 35.4 Å². The van der Waals surface area contributed by atoms with Crippen LogP contribution >= 0.6 is 0 Å². The molecule has 1 fully saturated rings. The number of hydrogen-bond acceptors (Lipinski definition) is 6. The smallest absolute Gasteiger partial charge is 0.151 e. The van der Waals surface area contributed by atoms with Gasteiger partial charge in [-0.15, -0.1) is 10.2 Å². The molecule has 3 heterocycles. The van der Waals surface area contributed by atoms with Gasteiger partial charge in [0.1, 0.15) is 0 Å². The lowest BCUT2D eigenvalue weighted by Crippen LogP contribution is -2.59. The number of nitrogens with zero attached hydrogens (tertiary/aromatic N) is 6. The molecule has 26 heavy (non-hydrogen) atoms. The highest BCUT2D eigenvalue weighted by molar-refractivity contribution is 5.50. The van der Waals surface area contributed by atoms with Crippen LogP contribution in [0.5, 0.6) is 0 Å². The van der Waals surface area contributed by atoms with Crippen LogP contribution in [0.3, 0.4) is 0 Å². The van der Waals surface area contributed by atoms with Crippen molar-refractivity contribution < 1.29 is 0 Å². The average Bonchev–Trinajstić information content (AvgIpc) is 3.07. The van der Waals surface area contributed by atoms with Crippen molar-refractivity contribution in [3.8, 4) is 0 Å². The molecule has 2 aromatic heterocycles. The molecule has 5 rings (SSSR count). The largest absolute Gasteiger partial charge is 0.352 e. The zero-order valence-corrected chi connectivity index (χ0v) is 15.6. The normalized spacial score (nSPS) is 21.9. The molecular weight excluding hydrogens is 324 g/mol. The first kappa shape index (κ1) is 16.0. The molecule has 1 saturated heterocycles. The number of likely N-dealkylation sites (N-methyl/N-ethyl adjacent to an activating group) is 1. The highest BCUT2D eigenvalue weighted by atomic mass is 15.4. The summed E-state index contributed by atoms with van der Waals surface area (Å²) in [6.45, 7) is 4.27. The SMILES string of the molecule is CC1CCc2nnc(N(C)C3CN(c4cc5c(nn4)CCC5)C3)cc2C1. The summed E-state index contributed by atoms with van der Waals surface area (Å²) in [6.07, 6.45) is 6.89. The third-order valence-electron chi connectivity index (χ3n) is 6.29. The summed E-state index contributed by atoms with van der Waals surface area (Å²) < 4.78 is 0. The highest BCUT2D eigenvalue weighted by Crippen LogP contribution is 2.29. The monoisotopic (exact) mass is 350 g/mol. The van der Waals surface area contributed by atoms with Crippen molar-refractivity contribution in [3.63, 3.8) is 0 Å². The molecule has 1 atom stereocenters. The van der Waals surface area contributed by atoms with E-state index in [2.05, 4.69) is 56.3 Å². The summed E-state index contributed by atoms with van der Waals surface area (Å²) in [6, 6.07) is 4.96. The molecule has 2 aromatic rings. The van der Waals surface area contributed by atoms with E-state index in [9.17, 15) is 0 Å². The molecule has 0 amide bonds. The average molecular weight is 350 g/mol. The highest BCUT2D eigenvalue weighted by Gasteiger charge is 2.33. The lowest BCUT2D eigenvalue weighted by molar-refractivity contribution is 0.477. The molecule has 1 unspecified atom stereocenters. The predicted octanol–water partition coefficient (Wildman–Crippen LogP) is 2.21. The lowest BCUT2D eigenvalue weighted by atomic mass is 9.88. The van der Waals surface area contributed by atoms with Crippen LogP contribution in [0.4, 0.5) is 11.6 Å². The van der Waals surface area contributed by atoms with Gasteiger partial charge in [0.2, 0.25) is 0 Å². The minimum atomic E-state index is 0.457. The van der Waals surface area contributed by atoms with E-state index in [1.807, 2.05) is 0 Å². The fraction of sp³-hybridized carbons (Fsp3) is 0.600. The van der Waals surface area contributed by atoms with E-state index in [0.717, 1.165) is 56.3 Å². The van der Waals surface area contributed by atoms with Crippen LogP contribution in [0.25, 0.3) is 0 Å². The summed E-state index contributed by atoms with van der Waals surface area (Å²) in [5, 5.41) is 17.9. The molecule has 136 valence electrons. The van der Waals surface area contributed by atoms with E-state index >= 15 is 0 Å². The summed E-state index contributed by atoms with van der Waals surface area (Å²) in [5.41, 5.74) is 5.17. The maximum atomic E-state index is 4.50. The third kappa shape index (κ3) is 2.72. The number of aryl methyl sites for hydroxylation is 3. The molecule has 0 spiro atoms. The Kier molecular flexibility index (Phi) is 3.80. The van der Waals surface area contributed by atoms with E-state index in [0.29, 0.717) is 6.04 Å². The van der Waals surface area contributed by atoms with Crippen LogP contribution in [0.1, 0.15) is 42.3 Å². The first-order chi connectivity index (χ1) is 12.7. The first-order valence-electron chi connectivity index (χ1n) is 9.86.